The molecule has 0 aliphatic heterocycles. The molecule has 1 rings (SSSR count). The Labute approximate surface area is 107 Å². The van der Waals surface area contributed by atoms with Gasteiger partial charge in [0.15, 0.2) is 5.11 Å². The Balaban J connectivity index is 2.34. The van der Waals surface area contributed by atoms with E-state index >= 15 is 0 Å². The highest BCUT2D eigenvalue weighted by Gasteiger charge is 1.99. The van der Waals surface area contributed by atoms with Gasteiger partial charge in [-0.25, -0.2) is 0 Å². The van der Waals surface area contributed by atoms with Gasteiger partial charge in [0.2, 0.25) is 0 Å². The van der Waals surface area contributed by atoms with E-state index < -0.39 is 0 Å². The molecule has 0 aliphatic carbocycles. The van der Waals surface area contributed by atoms with Crippen LogP contribution in [0.25, 0.3) is 0 Å². The molecule has 88 valence electrons. The summed E-state index contributed by atoms with van der Waals surface area (Å²) in [7, 11) is 4.21. The van der Waals surface area contributed by atoms with Crippen molar-refractivity contribution in [1.82, 2.24) is 5.32 Å². The second-order valence-electron chi connectivity index (χ2n) is 3.85. The maximum absolute atomic E-state index is 5.87. The molecule has 0 amide bonds. The van der Waals surface area contributed by atoms with Gasteiger partial charge in [0.05, 0.1) is 27.2 Å². The Hall–Kier alpha value is -0.840. The molecule has 16 heavy (non-hydrogen) atoms. The van der Waals surface area contributed by atoms with Crippen LogP contribution in [0.2, 0.25) is 5.02 Å². The van der Waals surface area contributed by atoms with Crippen molar-refractivity contribution in [2.75, 3.05) is 32.5 Å². The lowest BCUT2D eigenvalue weighted by Crippen LogP contribution is -3.06. The third-order valence-electron chi connectivity index (χ3n) is 1.99. The van der Waals surface area contributed by atoms with Gasteiger partial charge >= 0.3 is 0 Å². The molecule has 0 radical (unpaired) electrons. The minimum absolute atomic E-state index is 0.628. The largest absolute Gasteiger partial charge is 0.357 e. The van der Waals surface area contributed by atoms with Gasteiger partial charge in [-0.3, -0.25) is 0 Å². The van der Waals surface area contributed by atoms with Crippen LogP contribution in [0.15, 0.2) is 24.3 Å². The van der Waals surface area contributed by atoms with E-state index in [0.29, 0.717) is 10.1 Å². The number of thiocarbonyl (C=S) groups is 1. The molecule has 0 heterocycles. The minimum Gasteiger partial charge on any atom is -0.357 e. The number of halogens is 1. The average Bonchev–Trinajstić information content (AvgIpc) is 2.16. The van der Waals surface area contributed by atoms with Crippen LogP contribution in [-0.2, 0) is 0 Å². The molecule has 0 spiro atoms. The van der Waals surface area contributed by atoms with Crippen LogP contribution in [-0.4, -0.2) is 32.3 Å². The van der Waals surface area contributed by atoms with Crippen molar-refractivity contribution in [3.8, 4) is 0 Å². The number of hydrogen-bond donors (Lipinski definition) is 3. The molecule has 0 atom stereocenters. The molecule has 0 aromatic heterocycles. The van der Waals surface area contributed by atoms with Crippen LogP contribution < -0.4 is 15.5 Å². The van der Waals surface area contributed by atoms with Gasteiger partial charge < -0.3 is 15.5 Å². The minimum atomic E-state index is 0.628. The van der Waals surface area contributed by atoms with E-state index in [2.05, 4.69) is 24.7 Å². The Morgan fingerprint density at radius 2 is 2.19 bits per heavy atom. The number of anilines is 1. The van der Waals surface area contributed by atoms with E-state index in [1.807, 2.05) is 24.3 Å². The highest BCUT2D eigenvalue weighted by Crippen LogP contribution is 2.14. The zero-order chi connectivity index (χ0) is 12.0. The molecule has 1 aromatic rings. The second-order valence-corrected chi connectivity index (χ2v) is 4.69. The molecule has 3 nitrogen and oxygen atoms in total. The molecule has 0 unspecified atom stereocenters. The van der Waals surface area contributed by atoms with Crippen LogP contribution in [0.3, 0.4) is 0 Å². The van der Waals surface area contributed by atoms with Crippen molar-refractivity contribution >= 4 is 34.6 Å². The van der Waals surface area contributed by atoms with Crippen molar-refractivity contribution in [3.05, 3.63) is 29.3 Å². The number of nitrogens with one attached hydrogen (secondary N) is 3. The normalized spacial score (nSPS) is 10.2. The van der Waals surface area contributed by atoms with E-state index in [-0.39, 0.29) is 0 Å². The van der Waals surface area contributed by atoms with Crippen LogP contribution in [0.4, 0.5) is 5.69 Å². The van der Waals surface area contributed by atoms with E-state index in [4.69, 9.17) is 23.8 Å². The van der Waals surface area contributed by atoms with Crippen molar-refractivity contribution < 1.29 is 4.90 Å². The smallest absolute Gasteiger partial charge is 0.170 e. The van der Waals surface area contributed by atoms with Crippen LogP contribution in [0.5, 0.6) is 0 Å². The van der Waals surface area contributed by atoms with Gasteiger partial charge in [0.1, 0.15) is 0 Å². The van der Waals surface area contributed by atoms with E-state index in [1.54, 1.807) is 0 Å². The lowest BCUT2D eigenvalue weighted by Gasteiger charge is -2.12. The Kier molecular flexibility index (Phi) is 5.52. The molecule has 3 N–H and O–H groups in total. The Morgan fingerprint density at radius 3 is 2.81 bits per heavy atom. The van der Waals surface area contributed by atoms with Gasteiger partial charge in [-0.1, -0.05) is 17.7 Å². The molecule has 0 saturated heterocycles. The lowest BCUT2D eigenvalue weighted by molar-refractivity contribution is -0.856. The zero-order valence-electron chi connectivity index (χ0n) is 9.51. The van der Waals surface area contributed by atoms with Gasteiger partial charge in [-0.15, -0.1) is 0 Å². The first-order valence-electron chi connectivity index (χ1n) is 5.17. The average molecular weight is 259 g/mol. The molecule has 1 aromatic carbocycles. The summed E-state index contributed by atoms with van der Waals surface area (Å²) in [5.41, 5.74) is 0.905. The predicted molar refractivity (Wildman–Crippen MR) is 73.4 cm³/mol. The van der Waals surface area contributed by atoms with Crippen molar-refractivity contribution in [2.24, 2.45) is 0 Å². The summed E-state index contributed by atoms with van der Waals surface area (Å²) in [6.07, 6.45) is 0. The number of likely N-dealkylation sites (N-methyl/N-ethyl adjacent to an activating group) is 1. The fourth-order valence-electron chi connectivity index (χ4n) is 1.17. The first kappa shape index (κ1) is 13.2. The molecule has 0 bridgehead atoms. The van der Waals surface area contributed by atoms with Crippen molar-refractivity contribution in [3.63, 3.8) is 0 Å². The van der Waals surface area contributed by atoms with Gasteiger partial charge in [-0.05, 0) is 30.4 Å². The Morgan fingerprint density at radius 1 is 1.44 bits per heavy atom. The number of hydrogen-bond acceptors (Lipinski definition) is 1. The van der Waals surface area contributed by atoms with E-state index in [0.717, 1.165) is 18.8 Å². The third kappa shape index (κ3) is 5.30. The van der Waals surface area contributed by atoms with Crippen molar-refractivity contribution in [2.45, 2.75) is 0 Å². The van der Waals surface area contributed by atoms with Crippen LogP contribution in [0.1, 0.15) is 0 Å². The summed E-state index contributed by atoms with van der Waals surface area (Å²) in [5.74, 6) is 0. The fourth-order valence-corrected chi connectivity index (χ4v) is 1.58. The summed E-state index contributed by atoms with van der Waals surface area (Å²) in [6, 6.07) is 7.49. The SMILES string of the molecule is C[NH+](C)CCNC(=S)Nc1cccc(Cl)c1. The highest BCUT2D eigenvalue weighted by atomic mass is 35.5. The quantitative estimate of drug-likeness (QED) is 0.697. The number of benzene rings is 1. The Bertz CT molecular complexity index is 355. The van der Waals surface area contributed by atoms with Crippen LogP contribution >= 0.6 is 23.8 Å². The summed E-state index contributed by atoms with van der Waals surface area (Å²) >= 11 is 11.0. The topological polar surface area (TPSA) is 28.5 Å². The highest BCUT2D eigenvalue weighted by molar-refractivity contribution is 7.80. The molecule has 5 heteroatoms. The predicted octanol–water partition coefficient (Wildman–Crippen LogP) is 0.771. The monoisotopic (exact) mass is 258 g/mol. The molecule has 0 aliphatic rings. The number of rotatable bonds is 4. The summed E-state index contributed by atoms with van der Waals surface area (Å²) in [4.78, 5) is 1.39. The first-order chi connectivity index (χ1) is 7.58. The van der Waals surface area contributed by atoms with E-state index in [9.17, 15) is 0 Å². The lowest BCUT2D eigenvalue weighted by atomic mass is 10.3. The third-order valence-corrected chi connectivity index (χ3v) is 2.47. The van der Waals surface area contributed by atoms with Gasteiger partial charge in [-0.2, -0.15) is 0 Å². The molecule has 0 fully saturated rings. The van der Waals surface area contributed by atoms with E-state index in [1.165, 1.54) is 4.90 Å². The van der Waals surface area contributed by atoms with Gasteiger partial charge in [0, 0.05) is 10.7 Å². The standard InChI is InChI=1S/C11H16ClN3S/c1-15(2)7-6-13-11(16)14-10-5-3-4-9(12)8-10/h3-5,8H,6-7H2,1-2H3,(H2,13,14,16)/p+1. The summed E-state index contributed by atoms with van der Waals surface area (Å²) in [6.45, 7) is 1.88. The number of quaternary nitrogens is 1. The van der Waals surface area contributed by atoms with Gasteiger partial charge in [0.25, 0.3) is 0 Å². The molecule has 0 saturated carbocycles. The van der Waals surface area contributed by atoms with Crippen molar-refractivity contribution in [1.29, 1.82) is 0 Å². The molecular weight excluding hydrogens is 242 g/mol. The maximum Gasteiger partial charge on any atom is 0.170 e. The van der Waals surface area contributed by atoms with Crippen LogP contribution in [0, 0.1) is 0 Å². The fraction of sp³-hybridized carbons (Fsp3) is 0.364. The maximum atomic E-state index is 5.87. The first-order valence-corrected chi connectivity index (χ1v) is 5.96. The summed E-state index contributed by atoms with van der Waals surface area (Å²) in [5, 5.41) is 7.55. The summed E-state index contributed by atoms with van der Waals surface area (Å²) < 4.78 is 0. The zero-order valence-corrected chi connectivity index (χ0v) is 11.1. The molecular formula is C11H17ClN3S+. The second kappa shape index (κ2) is 6.68.